The van der Waals surface area contributed by atoms with E-state index in [1.54, 1.807) is 55.5 Å². The van der Waals surface area contributed by atoms with E-state index >= 15 is 0 Å². The number of hydrogen-bond donors (Lipinski definition) is 1. The van der Waals surface area contributed by atoms with Crippen LogP contribution >= 0.6 is 11.6 Å². The summed E-state index contributed by atoms with van der Waals surface area (Å²) in [6.45, 7) is 5.22. The van der Waals surface area contributed by atoms with Gasteiger partial charge in [0.05, 0.1) is 18.2 Å². The highest BCUT2D eigenvalue weighted by atomic mass is 35.5. The fourth-order valence-electron chi connectivity index (χ4n) is 2.43. The van der Waals surface area contributed by atoms with Gasteiger partial charge in [0.15, 0.2) is 0 Å². The third-order valence-corrected chi connectivity index (χ3v) is 5.36. The van der Waals surface area contributed by atoms with E-state index in [9.17, 15) is 13.2 Å². The first-order chi connectivity index (χ1) is 13.7. The number of nitrogens with one attached hydrogen (secondary N) is 1. The average molecular weight is 436 g/mol. The van der Waals surface area contributed by atoms with Crippen molar-refractivity contribution < 1.29 is 17.9 Å². The zero-order valence-corrected chi connectivity index (χ0v) is 17.7. The number of benzene rings is 2. The SMILES string of the molecule is C=CCOc1cccc(/C=N\NC(=O)CN(c2cccc(Cl)c2C)S(C)(=O)=O)c1. The van der Waals surface area contributed by atoms with E-state index in [-0.39, 0.29) is 0 Å². The third-order valence-electron chi connectivity index (χ3n) is 3.82. The van der Waals surface area contributed by atoms with Crippen molar-refractivity contribution in [2.45, 2.75) is 6.92 Å². The molecule has 0 aliphatic heterocycles. The summed E-state index contributed by atoms with van der Waals surface area (Å²) in [7, 11) is -3.71. The van der Waals surface area contributed by atoms with Gasteiger partial charge in [0.1, 0.15) is 18.9 Å². The molecule has 2 rings (SSSR count). The minimum Gasteiger partial charge on any atom is -0.490 e. The number of ether oxygens (including phenoxy) is 1. The number of amides is 1. The predicted molar refractivity (Wildman–Crippen MR) is 116 cm³/mol. The van der Waals surface area contributed by atoms with Gasteiger partial charge in [-0.1, -0.05) is 42.5 Å². The number of halogens is 1. The van der Waals surface area contributed by atoms with Gasteiger partial charge in [-0.2, -0.15) is 5.10 Å². The summed E-state index contributed by atoms with van der Waals surface area (Å²) in [5, 5.41) is 4.29. The summed E-state index contributed by atoms with van der Waals surface area (Å²) in [5.74, 6) is 0.0463. The molecule has 154 valence electrons. The molecule has 0 aliphatic carbocycles. The minimum absolute atomic E-state index is 0.339. The zero-order chi connectivity index (χ0) is 21.4. The van der Waals surface area contributed by atoms with Crippen molar-refractivity contribution in [3.05, 3.63) is 71.3 Å². The van der Waals surface area contributed by atoms with E-state index in [1.807, 2.05) is 0 Å². The van der Waals surface area contributed by atoms with E-state index in [0.29, 0.717) is 34.2 Å². The summed E-state index contributed by atoms with van der Waals surface area (Å²) >= 11 is 6.08. The largest absolute Gasteiger partial charge is 0.490 e. The fraction of sp³-hybridized carbons (Fsp3) is 0.200. The highest BCUT2D eigenvalue weighted by molar-refractivity contribution is 7.92. The molecule has 0 spiro atoms. The Bertz CT molecular complexity index is 1020. The Hall–Kier alpha value is -2.84. The smallest absolute Gasteiger partial charge is 0.260 e. The normalized spacial score (nSPS) is 11.3. The molecule has 0 radical (unpaired) electrons. The maximum Gasteiger partial charge on any atom is 0.260 e. The number of carbonyl (C=O) groups is 1. The second-order valence-corrected chi connectivity index (χ2v) is 8.43. The van der Waals surface area contributed by atoms with Gasteiger partial charge in [0.2, 0.25) is 10.0 Å². The van der Waals surface area contributed by atoms with E-state index in [2.05, 4.69) is 17.1 Å². The Morgan fingerprint density at radius 1 is 1.31 bits per heavy atom. The maximum absolute atomic E-state index is 12.3. The molecule has 0 aliphatic rings. The van der Waals surface area contributed by atoms with Crippen molar-refractivity contribution in [3.63, 3.8) is 0 Å². The molecule has 0 saturated heterocycles. The molecule has 9 heteroatoms. The van der Waals surface area contributed by atoms with Crippen molar-refractivity contribution in [3.8, 4) is 5.75 Å². The maximum atomic E-state index is 12.3. The monoisotopic (exact) mass is 435 g/mol. The number of anilines is 1. The van der Waals surface area contributed by atoms with E-state index < -0.39 is 22.5 Å². The molecule has 2 aromatic rings. The second kappa shape index (κ2) is 10.1. The molecule has 0 bridgehead atoms. The highest BCUT2D eigenvalue weighted by Crippen LogP contribution is 2.27. The lowest BCUT2D eigenvalue weighted by Gasteiger charge is -2.23. The average Bonchev–Trinajstić information content (AvgIpc) is 2.66. The van der Waals surface area contributed by atoms with Gasteiger partial charge < -0.3 is 4.74 Å². The summed E-state index contributed by atoms with van der Waals surface area (Å²) in [4.78, 5) is 12.3. The number of sulfonamides is 1. The molecular formula is C20H22ClN3O4S. The van der Waals surface area contributed by atoms with Crippen LogP contribution in [0.3, 0.4) is 0 Å². The number of hydrogen-bond acceptors (Lipinski definition) is 5. The quantitative estimate of drug-likeness (QED) is 0.372. The van der Waals surface area contributed by atoms with Crippen molar-refractivity contribution in [2.24, 2.45) is 5.10 Å². The third kappa shape index (κ3) is 6.62. The molecule has 1 N–H and O–H groups in total. The lowest BCUT2D eigenvalue weighted by atomic mass is 10.2. The van der Waals surface area contributed by atoms with Crippen LogP contribution in [0.4, 0.5) is 5.69 Å². The van der Waals surface area contributed by atoms with Gasteiger partial charge in [0, 0.05) is 5.02 Å². The molecule has 29 heavy (non-hydrogen) atoms. The predicted octanol–water partition coefficient (Wildman–Crippen LogP) is 3.13. The van der Waals surface area contributed by atoms with Gasteiger partial charge in [-0.3, -0.25) is 9.10 Å². The van der Waals surface area contributed by atoms with Crippen LogP contribution in [-0.2, 0) is 14.8 Å². The Labute approximate surface area is 175 Å². The van der Waals surface area contributed by atoms with Crippen molar-refractivity contribution >= 4 is 39.4 Å². The lowest BCUT2D eigenvalue weighted by Crippen LogP contribution is -2.39. The highest BCUT2D eigenvalue weighted by Gasteiger charge is 2.22. The van der Waals surface area contributed by atoms with E-state index in [0.717, 1.165) is 10.6 Å². The lowest BCUT2D eigenvalue weighted by molar-refractivity contribution is -0.119. The molecule has 0 heterocycles. The van der Waals surface area contributed by atoms with Crippen LogP contribution in [0.15, 0.2) is 60.2 Å². The molecule has 0 aromatic heterocycles. The molecule has 0 saturated carbocycles. The van der Waals surface area contributed by atoms with E-state index in [4.69, 9.17) is 16.3 Å². The van der Waals surface area contributed by atoms with Crippen LogP contribution in [0.2, 0.25) is 5.02 Å². The second-order valence-electron chi connectivity index (χ2n) is 6.12. The number of hydrazone groups is 1. The minimum atomic E-state index is -3.71. The Morgan fingerprint density at radius 2 is 2.03 bits per heavy atom. The van der Waals surface area contributed by atoms with Crippen LogP contribution in [0.25, 0.3) is 0 Å². The van der Waals surface area contributed by atoms with Crippen LogP contribution in [0, 0.1) is 6.92 Å². The summed E-state index contributed by atoms with van der Waals surface area (Å²) < 4.78 is 30.8. The van der Waals surface area contributed by atoms with E-state index in [1.165, 1.54) is 6.21 Å². The fourth-order valence-corrected chi connectivity index (χ4v) is 3.51. The van der Waals surface area contributed by atoms with Crippen LogP contribution in [0.5, 0.6) is 5.75 Å². The van der Waals surface area contributed by atoms with Gasteiger partial charge in [-0.25, -0.2) is 13.8 Å². The van der Waals surface area contributed by atoms with Gasteiger partial charge in [0.25, 0.3) is 5.91 Å². The van der Waals surface area contributed by atoms with Crippen molar-refractivity contribution in [1.29, 1.82) is 0 Å². The molecule has 0 unspecified atom stereocenters. The molecular weight excluding hydrogens is 414 g/mol. The Morgan fingerprint density at radius 3 is 2.72 bits per heavy atom. The standard InChI is InChI=1S/C20H22ClN3O4S/c1-4-11-28-17-8-5-7-16(12-17)13-22-23-20(25)14-24(29(3,26)27)19-10-6-9-18(21)15(19)2/h4-10,12-13H,1,11,14H2,2-3H3,(H,23,25)/b22-13-. The van der Waals surface area contributed by atoms with Crippen LogP contribution in [0.1, 0.15) is 11.1 Å². The first-order valence-corrected chi connectivity index (χ1v) is 10.8. The summed E-state index contributed by atoms with van der Waals surface area (Å²) in [6.07, 6.45) is 4.10. The van der Waals surface area contributed by atoms with Gasteiger partial charge in [-0.05, 0) is 42.3 Å². The van der Waals surface area contributed by atoms with Crippen molar-refractivity contribution in [2.75, 3.05) is 23.7 Å². The topological polar surface area (TPSA) is 88.1 Å². The number of carbonyl (C=O) groups excluding carboxylic acids is 1. The molecule has 0 fully saturated rings. The Kier molecular flexibility index (Phi) is 7.81. The van der Waals surface area contributed by atoms with Gasteiger partial charge >= 0.3 is 0 Å². The molecule has 7 nitrogen and oxygen atoms in total. The molecule has 0 atom stereocenters. The van der Waals surface area contributed by atoms with Crippen LogP contribution < -0.4 is 14.5 Å². The Balaban J connectivity index is 2.08. The first-order valence-electron chi connectivity index (χ1n) is 8.61. The van der Waals surface area contributed by atoms with Crippen molar-refractivity contribution in [1.82, 2.24) is 5.43 Å². The zero-order valence-electron chi connectivity index (χ0n) is 16.1. The molecule has 1 amide bonds. The summed E-state index contributed by atoms with van der Waals surface area (Å²) in [5.41, 5.74) is 3.94. The van der Waals surface area contributed by atoms with Gasteiger partial charge in [-0.15, -0.1) is 0 Å². The number of rotatable bonds is 9. The first kappa shape index (κ1) is 22.4. The number of nitrogens with zero attached hydrogens (tertiary/aromatic N) is 2. The summed E-state index contributed by atoms with van der Waals surface area (Å²) in [6, 6.07) is 12.0. The van der Waals surface area contributed by atoms with Crippen LogP contribution in [-0.4, -0.2) is 39.9 Å². The molecule has 2 aromatic carbocycles.